The number of nitrogens with one attached hydrogen (secondary N) is 1. The summed E-state index contributed by atoms with van der Waals surface area (Å²) < 4.78 is 12.7. The van der Waals surface area contributed by atoms with E-state index in [1.54, 1.807) is 6.92 Å². The molecule has 0 bridgehead atoms. The molecular weight excluding hydrogens is 478 g/mol. The lowest BCUT2D eigenvalue weighted by Crippen LogP contribution is -2.58. The molecule has 0 aromatic heterocycles. The Hall–Kier alpha value is -1.83. The fraction of sp³-hybridized carbons (Fsp3) is 0.714. The number of halogens is 1. The second-order valence-corrected chi connectivity index (χ2v) is 11.5. The van der Waals surface area contributed by atoms with Crippen molar-refractivity contribution in [3.8, 4) is 5.75 Å². The van der Waals surface area contributed by atoms with Crippen LogP contribution in [-0.4, -0.2) is 79.2 Å². The fourth-order valence-electron chi connectivity index (χ4n) is 6.04. The Balaban J connectivity index is 1.44. The molecule has 1 aromatic carbocycles. The van der Waals surface area contributed by atoms with E-state index in [1.165, 1.54) is 25.7 Å². The lowest BCUT2D eigenvalue weighted by molar-refractivity contribution is -0.157. The predicted octanol–water partition coefficient (Wildman–Crippen LogP) is 4.11. The summed E-state index contributed by atoms with van der Waals surface area (Å²) in [5.74, 6) is 1.59. The summed E-state index contributed by atoms with van der Waals surface area (Å²) in [5, 5.41) is 3.74. The van der Waals surface area contributed by atoms with E-state index in [-0.39, 0.29) is 17.9 Å². The van der Waals surface area contributed by atoms with Crippen LogP contribution in [0.4, 0.5) is 0 Å². The van der Waals surface area contributed by atoms with Crippen molar-refractivity contribution in [3.05, 3.63) is 28.3 Å². The molecule has 2 saturated heterocycles. The number of carbonyl (C=O) groups excluding carboxylic acids is 2. The van der Waals surface area contributed by atoms with Gasteiger partial charge in [-0.2, -0.15) is 0 Å². The van der Waals surface area contributed by atoms with Crippen molar-refractivity contribution in [1.82, 2.24) is 15.1 Å². The summed E-state index contributed by atoms with van der Waals surface area (Å²) in [6.45, 7) is 10.4. The minimum Gasteiger partial charge on any atom is -0.490 e. The second kappa shape index (κ2) is 12.1. The zero-order valence-electron chi connectivity index (χ0n) is 22.1. The van der Waals surface area contributed by atoms with Gasteiger partial charge in [-0.05, 0) is 68.7 Å². The molecule has 1 aliphatic carbocycles. The number of amides is 2. The minimum absolute atomic E-state index is 0.0125. The molecule has 3 aliphatic rings. The average molecular weight is 520 g/mol. The number of rotatable bonds is 8. The van der Waals surface area contributed by atoms with Gasteiger partial charge in [-0.3, -0.25) is 14.5 Å². The second-order valence-electron chi connectivity index (χ2n) is 11.1. The Labute approximate surface area is 220 Å². The van der Waals surface area contributed by atoms with E-state index in [2.05, 4.69) is 10.2 Å². The van der Waals surface area contributed by atoms with E-state index in [0.717, 1.165) is 53.7 Å². The zero-order chi connectivity index (χ0) is 25.7. The monoisotopic (exact) mass is 519 g/mol. The highest BCUT2D eigenvalue weighted by Crippen LogP contribution is 2.31. The van der Waals surface area contributed by atoms with Gasteiger partial charge in [-0.1, -0.05) is 24.4 Å². The van der Waals surface area contributed by atoms with E-state index >= 15 is 0 Å². The largest absolute Gasteiger partial charge is 0.490 e. The van der Waals surface area contributed by atoms with E-state index in [9.17, 15) is 9.59 Å². The van der Waals surface area contributed by atoms with Crippen LogP contribution >= 0.6 is 11.6 Å². The molecule has 0 radical (unpaired) electrons. The van der Waals surface area contributed by atoms with Gasteiger partial charge in [0, 0.05) is 50.7 Å². The van der Waals surface area contributed by atoms with Crippen molar-refractivity contribution in [3.63, 3.8) is 0 Å². The van der Waals surface area contributed by atoms with Crippen LogP contribution in [-0.2, 0) is 14.3 Å². The van der Waals surface area contributed by atoms with Crippen LogP contribution < -0.4 is 10.1 Å². The summed E-state index contributed by atoms with van der Waals surface area (Å²) in [7, 11) is 0. The van der Waals surface area contributed by atoms with Crippen LogP contribution in [0.1, 0.15) is 63.0 Å². The molecule has 1 atom stereocenters. The van der Waals surface area contributed by atoms with Crippen molar-refractivity contribution in [2.75, 3.05) is 45.9 Å². The maximum absolute atomic E-state index is 13.5. The highest BCUT2D eigenvalue weighted by atomic mass is 35.5. The third kappa shape index (κ3) is 7.14. The van der Waals surface area contributed by atoms with E-state index < -0.39 is 5.60 Å². The summed E-state index contributed by atoms with van der Waals surface area (Å²) in [6.07, 6.45) is 7.11. The number of piperidine rings is 1. The van der Waals surface area contributed by atoms with Gasteiger partial charge in [0.2, 0.25) is 11.8 Å². The molecule has 36 heavy (non-hydrogen) atoms. The number of likely N-dealkylation sites (tertiary alicyclic amines) is 1. The molecule has 4 rings (SSSR count). The highest BCUT2D eigenvalue weighted by Gasteiger charge is 2.42. The Morgan fingerprint density at radius 2 is 1.78 bits per heavy atom. The van der Waals surface area contributed by atoms with Crippen molar-refractivity contribution >= 4 is 23.4 Å². The summed E-state index contributed by atoms with van der Waals surface area (Å²) in [4.78, 5) is 29.3. The number of aryl methyl sites for hydroxylation is 2. The minimum atomic E-state index is -0.691. The quantitative estimate of drug-likeness (QED) is 0.559. The lowest BCUT2D eigenvalue weighted by atomic mass is 9.94. The highest BCUT2D eigenvalue weighted by molar-refractivity contribution is 6.32. The molecule has 2 aliphatic heterocycles. The number of ether oxygens (including phenoxy) is 2. The topological polar surface area (TPSA) is 71.1 Å². The van der Waals surface area contributed by atoms with Crippen LogP contribution in [0.2, 0.25) is 5.02 Å². The van der Waals surface area contributed by atoms with Gasteiger partial charge in [-0.15, -0.1) is 0 Å². The number of carbonyl (C=O) groups is 2. The Morgan fingerprint density at radius 3 is 2.42 bits per heavy atom. The van der Waals surface area contributed by atoms with Gasteiger partial charge < -0.3 is 19.7 Å². The first-order chi connectivity index (χ1) is 17.2. The molecular formula is C28H42ClN3O4. The lowest BCUT2D eigenvalue weighted by Gasteiger charge is -2.44. The maximum atomic E-state index is 13.5. The van der Waals surface area contributed by atoms with Gasteiger partial charge in [0.1, 0.15) is 18.0 Å². The van der Waals surface area contributed by atoms with Gasteiger partial charge >= 0.3 is 0 Å². The first kappa shape index (κ1) is 27.2. The van der Waals surface area contributed by atoms with E-state index in [0.29, 0.717) is 39.3 Å². The summed E-state index contributed by atoms with van der Waals surface area (Å²) >= 11 is 6.36. The molecule has 1 saturated carbocycles. The molecule has 1 aromatic rings. The molecule has 200 valence electrons. The Kier molecular flexibility index (Phi) is 9.18. The molecule has 2 heterocycles. The standard InChI is InChI=1S/C28H42ClN3O4/c1-20-14-25(15-21(2)27(20)29)35-19-28(18-31(12-13-36-28)17-23-6-4-5-7-23)16-26(34)32-10-8-24(9-11-32)30-22(3)33/h14-15,23-24H,4-13,16-19H2,1-3H3,(H,30,33)/t28-/m0/s1. The van der Waals surface area contributed by atoms with E-state index in [1.807, 2.05) is 30.9 Å². The van der Waals surface area contributed by atoms with Crippen molar-refractivity contribution in [2.24, 2.45) is 5.92 Å². The van der Waals surface area contributed by atoms with Crippen LogP contribution in [0.5, 0.6) is 5.75 Å². The SMILES string of the molecule is CC(=O)NC1CCN(C(=O)C[C@@]2(COc3cc(C)c(Cl)c(C)c3)CN(CC3CCCC3)CCO2)CC1. The van der Waals surface area contributed by atoms with Crippen molar-refractivity contribution in [2.45, 2.75) is 77.4 Å². The van der Waals surface area contributed by atoms with Crippen molar-refractivity contribution in [1.29, 1.82) is 0 Å². The number of benzene rings is 1. The van der Waals surface area contributed by atoms with Gasteiger partial charge in [-0.25, -0.2) is 0 Å². The van der Waals surface area contributed by atoms with Crippen LogP contribution in [0, 0.1) is 19.8 Å². The molecule has 8 heteroatoms. The number of hydrogen-bond acceptors (Lipinski definition) is 5. The molecule has 7 nitrogen and oxygen atoms in total. The number of hydrogen-bond donors (Lipinski definition) is 1. The molecule has 1 N–H and O–H groups in total. The average Bonchev–Trinajstić information content (AvgIpc) is 3.34. The van der Waals surface area contributed by atoms with Gasteiger partial charge in [0.15, 0.2) is 0 Å². The Morgan fingerprint density at radius 1 is 1.11 bits per heavy atom. The first-order valence-corrected chi connectivity index (χ1v) is 13.9. The third-order valence-corrected chi connectivity index (χ3v) is 8.56. The maximum Gasteiger partial charge on any atom is 0.225 e. The molecule has 0 spiro atoms. The molecule has 2 amide bonds. The number of morpholine rings is 1. The number of nitrogens with zero attached hydrogens (tertiary/aromatic N) is 2. The zero-order valence-corrected chi connectivity index (χ0v) is 22.9. The van der Waals surface area contributed by atoms with Crippen LogP contribution in [0.15, 0.2) is 12.1 Å². The molecule has 3 fully saturated rings. The molecule has 0 unspecified atom stereocenters. The van der Waals surface area contributed by atoms with Crippen LogP contribution in [0.3, 0.4) is 0 Å². The fourth-order valence-corrected chi connectivity index (χ4v) is 6.14. The third-order valence-electron chi connectivity index (χ3n) is 7.96. The summed E-state index contributed by atoms with van der Waals surface area (Å²) in [6, 6.07) is 4.06. The smallest absolute Gasteiger partial charge is 0.225 e. The predicted molar refractivity (Wildman–Crippen MR) is 142 cm³/mol. The normalized spacial score (nSPS) is 24.2. The van der Waals surface area contributed by atoms with Gasteiger partial charge in [0.25, 0.3) is 0 Å². The van der Waals surface area contributed by atoms with Crippen molar-refractivity contribution < 1.29 is 19.1 Å². The van der Waals surface area contributed by atoms with Crippen LogP contribution in [0.25, 0.3) is 0 Å². The summed E-state index contributed by atoms with van der Waals surface area (Å²) in [5.41, 5.74) is 1.27. The first-order valence-electron chi connectivity index (χ1n) is 13.5. The van der Waals surface area contributed by atoms with E-state index in [4.69, 9.17) is 21.1 Å². The van der Waals surface area contributed by atoms with Gasteiger partial charge in [0.05, 0.1) is 13.0 Å². The Bertz CT molecular complexity index is 904.